The van der Waals surface area contributed by atoms with Crippen LogP contribution in [0.5, 0.6) is 0 Å². The number of benzene rings is 1. The summed E-state index contributed by atoms with van der Waals surface area (Å²) in [5, 5.41) is 20.7. The molecule has 1 aromatic carbocycles. The number of aliphatic hydroxyl groups is 1. The SMILES string of the molecule is Cc1c(C(=O)N[C@H](CO)C(=O)O)oc2ccc(Br)cc12. The third-order valence-electron chi connectivity index (χ3n) is 2.89. The molecule has 0 fully saturated rings. The van der Waals surface area contributed by atoms with E-state index in [0.717, 1.165) is 9.86 Å². The van der Waals surface area contributed by atoms with Gasteiger partial charge in [0.25, 0.3) is 5.91 Å². The number of rotatable bonds is 4. The van der Waals surface area contributed by atoms with Crippen molar-refractivity contribution in [3.05, 3.63) is 34.0 Å². The van der Waals surface area contributed by atoms with Crippen LogP contribution in [-0.2, 0) is 4.79 Å². The Kier molecular flexibility index (Phi) is 4.10. The van der Waals surface area contributed by atoms with Gasteiger partial charge in [-0.3, -0.25) is 4.79 Å². The second-order valence-electron chi connectivity index (χ2n) is 4.24. The van der Waals surface area contributed by atoms with Crippen LogP contribution in [0.4, 0.5) is 0 Å². The zero-order valence-corrected chi connectivity index (χ0v) is 12.1. The fourth-order valence-electron chi connectivity index (χ4n) is 1.82. The number of fused-ring (bicyclic) bond motifs is 1. The Morgan fingerprint density at radius 3 is 2.75 bits per heavy atom. The maximum Gasteiger partial charge on any atom is 0.328 e. The van der Waals surface area contributed by atoms with Gasteiger partial charge in [0.2, 0.25) is 0 Å². The Morgan fingerprint density at radius 2 is 2.15 bits per heavy atom. The number of nitrogens with one attached hydrogen (secondary N) is 1. The number of carbonyl (C=O) groups is 2. The number of carbonyl (C=O) groups excluding carboxylic acids is 1. The number of aliphatic hydroxyl groups excluding tert-OH is 1. The molecule has 0 bridgehead atoms. The van der Waals surface area contributed by atoms with Crippen molar-refractivity contribution in [2.24, 2.45) is 0 Å². The molecule has 106 valence electrons. The van der Waals surface area contributed by atoms with Crippen molar-refractivity contribution in [3.63, 3.8) is 0 Å². The molecule has 1 atom stereocenters. The van der Waals surface area contributed by atoms with Crippen LogP contribution in [0.2, 0.25) is 0 Å². The summed E-state index contributed by atoms with van der Waals surface area (Å²) in [5.41, 5.74) is 1.15. The van der Waals surface area contributed by atoms with E-state index >= 15 is 0 Å². The molecule has 20 heavy (non-hydrogen) atoms. The Labute approximate surface area is 122 Å². The Bertz CT molecular complexity index is 679. The zero-order valence-electron chi connectivity index (χ0n) is 10.5. The molecule has 0 unspecified atom stereocenters. The third-order valence-corrected chi connectivity index (χ3v) is 3.38. The van der Waals surface area contributed by atoms with Crippen LogP contribution < -0.4 is 5.32 Å². The van der Waals surface area contributed by atoms with Crippen molar-refractivity contribution in [1.29, 1.82) is 0 Å². The lowest BCUT2D eigenvalue weighted by molar-refractivity contribution is -0.140. The van der Waals surface area contributed by atoms with Gasteiger partial charge in [0.1, 0.15) is 5.58 Å². The first-order valence-corrected chi connectivity index (χ1v) is 6.56. The second-order valence-corrected chi connectivity index (χ2v) is 5.16. The summed E-state index contributed by atoms with van der Waals surface area (Å²) in [4.78, 5) is 22.8. The number of aryl methyl sites for hydroxylation is 1. The molecule has 0 saturated heterocycles. The predicted octanol–water partition coefficient (Wildman–Crippen LogP) is 1.68. The van der Waals surface area contributed by atoms with E-state index in [9.17, 15) is 9.59 Å². The number of hydrogen-bond donors (Lipinski definition) is 3. The Hall–Kier alpha value is -1.86. The first kappa shape index (κ1) is 14.5. The third kappa shape index (κ3) is 2.68. The van der Waals surface area contributed by atoms with E-state index in [2.05, 4.69) is 21.2 Å². The first-order chi connectivity index (χ1) is 9.43. The van der Waals surface area contributed by atoms with Crippen LogP contribution in [0.15, 0.2) is 27.1 Å². The van der Waals surface area contributed by atoms with E-state index < -0.39 is 24.5 Å². The van der Waals surface area contributed by atoms with Gasteiger partial charge >= 0.3 is 5.97 Å². The summed E-state index contributed by atoms with van der Waals surface area (Å²) >= 11 is 3.33. The van der Waals surface area contributed by atoms with Crippen LogP contribution >= 0.6 is 15.9 Å². The van der Waals surface area contributed by atoms with Crippen molar-refractivity contribution >= 4 is 38.8 Å². The number of carboxylic acid groups (broad SMARTS) is 1. The van der Waals surface area contributed by atoms with Crippen molar-refractivity contribution in [2.75, 3.05) is 6.61 Å². The lowest BCUT2D eigenvalue weighted by atomic mass is 10.1. The molecule has 3 N–H and O–H groups in total. The van der Waals surface area contributed by atoms with Gasteiger partial charge in [-0.15, -0.1) is 0 Å². The van der Waals surface area contributed by atoms with Gasteiger partial charge in [-0.25, -0.2) is 4.79 Å². The molecule has 2 rings (SSSR count). The van der Waals surface area contributed by atoms with E-state index in [4.69, 9.17) is 14.6 Å². The zero-order chi connectivity index (χ0) is 14.9. The molecule has 0 saturated carbocycles. The van der Waals surface area contributed by atoms with Crippen LogP contribution in [0.25, 0.3) is 11.0 Å². The van der Waals surface area contributed by atoms with E-state index in [0.29, 0.717) is 11.1 Å². The summed E-state index contributed by atoms with van der Waals surface area (Å²) in [7, 11) is 0. The largest absolute Gasteiger partial charge is 0.480 e. The molecule has 6 nitrogen and oxygen atoms in total. The lowest BCUT2D eigenvalue weighted by Gasteiger charge is -2.10. The Balaban J connectivity index is 2.35. The minimum absolute atomic E-state index is 0.0396. The van der Waals surface area contributed by atoms with E-state index in [-0.39, 0.29) is 5.76 Å². The number of carboxylic acids is 1. The highest BCUT2D eigenvalue weighted by Crippen LogP contribution is 2.28. The molecule has 2 aromatic rings. The maximum atomic E-state index is 12.0. The molecule has 1 heterocycles. The molecular weight excluding hydrogens is 330 g/mol. The van der Waals surface area contributed by atoms with E-state index in [1.165, 1.54) is 0 Å². The maximum absolute atomic E-state index is 12.0. The number of amides is 1. The van der Waals surface area contributed by atoms with Crippen LogP contribution in [0, 0.1) is 6.92 Å². The van der Waals surface area contributed by atoms with Crippen molar-refractivity contribution in [2.45, 2.75) is 13.0 Å². The minimum Gasteiger partial charge on any atom is -0.480 e. The van der Waals surface area contributed by atoms with Gasteiger partial charge in [0.15, 0.2) is 11.8 Å². The molecule has 7 heteroatoms. The van der Waals surface area contributed by atoms with Crippen molar-refractivity contribution in [3.8, 4) is 0 Å². The average Bonchev–Trinajstić information content (AvgIpc) is 2.73. The normalized spacial score (nSPS) is 12.3. The molecule has 0 spiro atoms. The highest BCUT2D eigenvalue weighted by atomic mass is 79.9. The summed E-state index contributed by atoms with van der Waals surface area (Å²) in [6, 6.07) is 3.94. The van der Waals surface area contributed by atoms with Crippen molar-refractivity contribution in [1.82, 2.24) is 5.32 Å². The molecule has 0 aliphatic rings. The fourth-order valence-corrected chi connectivity index (χ4v) is 2.18. The van der Waals surface area contributed by atoms with Crippen LogP contribution in [0.3, 0.4) is 0 Å². The predicted molar refractivity (Wildman–Crippen MR) is 74.6 cm³/mol. The standard InChI is InChI=1S/C13H12BrNO5/c1-6-8-4-7(14)2-3-10(8)20-11(6)12(17)15-9(5-16)13(18)19/h2-4,9,16H,5H2,1H3,(H,15,17)(H,18,19)/t9-/m1/s1. The fraction of sp³-hybridized carbons (Fsp3) is 0.231. The highest BCUT2D eigenvalue weighted by molar-refractivity contribution is 9.10. The number of halogens is 1. The highest BCUT2D eigenvalue weighted by Gasteiger charge is 2.24. The topological polar surface area (TPSA) is 99.8 Å². The van der Waals surface area contributed by atoms with Gasteiger partial charge in [-0.05, 0) is 25.1 Å². The quantitative estimate of drug-likeness (QED) is 0.785. The average molecular weight is 342 g/mol. The van der Waals surface area contributed by atoms with E-state index in [1.807, 2.05) is 6.07 Å². The molecule has 0 radical (unpaired) electrons. The number of furan rings is 1. The monoisotopic (exact) mass is 341 g/mol. The lowest BCUT2D eigenvalue weighted by Crippen LogP contribution is -2.43. The smallest absolute Gasteiger partial charge is 0.328 e. The molecule has 1 amide bonds. The van der Waals surface area contributed by atoms with E-state index in [1.54, 1.807) is 19.1 Å². The summed E-state index contributed by atoms with van der Waals surface area (Å²) in [6.07, 6.45) is 0. The second kappa shape index (κ2) is 5.64. The van der Waals surface area contributed by atoms with Gasteiger partial charge in [-0.1, -0.05) is 15.9 Å². The first-order valence-electron chi connectivity index (χ1n) is 5.77. The summed E-state index contributed by atoms with van der Waals surface area (Å²) in [6.45, 7) is 1.02. The molecular formula is C13H12BrNO5. The van der Waals surface area contributed by atoms with Gasteiger partial charge in [0, 0.05) is 15.4 Å². The van der Waals surface area contributed by atoms with Gasteiger partial charge in [-0.2, -0.15) is 0 Å². The Morgan fingerprint density at radius 1 is 1.45 bits per heavy atom. The van der Waals surface area contributed by atoms with Crippen LogP contribution in [0.1, 0.15) is 16.1 Å². The molecule has 0 aliphatic carbocycles. The minimum atomic E-state index is -1.36. The molecule has 0 aliphatic heterocycles. The summed E-state index contributed by atoms with van der Waals surface area (Å²) < 4.78 is 6.28. The van der Waals surface area contributed by atoms with Crippen LogP contribution in [-0.4, -0.2) is 34.7 Å². The van der Waals surface area contributed by atoms with Gasteiger partial charge < -0.3 is 19.9 Å². The summed E-state index contributed by atoms with van der Waals surface area (Å²) in [5.74, 6) is -1.94. The van der Waals surface area contributed by atoms with Crippen molar-refractivity contribution < 1.29 is 24.2 Å². The number of hydrogen-bond acceptors (Lipinski definition) is 4. The van der Waals surface area contributed by atoms with Gasteiger partial charge in [0.05, 0.1) is 6.61 Å². The number of aliphatic carboxylic acids is 1. The molecule has 1 aromatic heterocycles.